The van der Waals surface area contributed by atoms with Crippen molar-refractivity contribution in [3.8, 4) is 5.75 Å². The molecule has 5 nitrogen and oxygen atoms in total. The average molecular weight is 437 g/mol. The van der Waals surface area contributed by atoms with Crippen LogP contribution in [0.3, 0.4) is 0 Å². The van der Waals surface area contributed by atoms with Gasteiger partial charge < -0.3 is 14.8 Å². The van der Waals surface area contributed by atoms with Gasteiger partial charge in [0.05, 0.1) is 13.2 Å². The molecule has 2 aromatic carbocycles. The van der Waals surface area contributed by atoms with Gasteiger partial charge in [0.1, 0.15) is 12.4 Å². The maximum Gasteiger partial charge on any atom is 0.251 e. The molecular formula is C27H36N2O3. The van der Waals surface area contributed by atoms with Crippen LogP contribution in [-0.4, -0.2) is 49.8 Å². The summed E-state index contributed by atoms with van der Waals surface area (Å²) in [5.41, 5.74) is 4.30. The van der Waals surface area contributed by atoms with Crippen LogP contribution in [-0.2, 0) is 17.7 Å². The van der Waals surface area contributed by atoms with Crippen LogP contribution >= 0.6 is 0 Å². The molecule has 1 heterocycles. The molecule has 0 saturated heterocycles. The normalized spacial score (nSPS) is 17.8. The van der Waals surface area contributed by atoms with E-state index in [4.69, 9.17) is 9.47 Å². The Labute approximate surface area is 192 Å². The summed E-state index contributed by atoms with van der Waals surface area (Å²) in [6.07, 6.45) is 4.09. The van der Waals surface area contributed by atoms with E-state index in [-0.39, 0.29) is 5.91 Å². The molecule has 0 atom stereocenters. The number of carbonyl (C=O) groups is 1. The van der Waals surface area contributed by atoms with Crippen molar-refractivity contribution in [3.05, 3.63) is 64.7 Å². The van der Waals surface area contributed by atoms with Crippen LogP contribution in [0.4, 0.5) is 0 Å². The first-order chi connectivity index (χ1) is 15.6. The fraction of sp³-hybridized carbons (Fsp3) is 0.519. The van der Waals surface area contributed by atoms with Gasteiger partial charge in [0, 0.05) is 31.1 Å². The molecule has 0 unspecified atom stereocenters. The van der Waals surface area contributed by atoms with E-state index in [1.54, 1.807) is 0 Å². The zero-order valence-corrected chi connectivity index (χ0v) is 19.4. The molecule has 1 aliphatic carbocycles. The lowest BCUT2D eigenvalue weighted by molar-refractivity contribution is 0.0764. The zero-order valence-electron chi connectivity index (χ0n) is 19.4. The molecule has 2 aromatic rings. The highest BCUT2D eigenvalue weighted by Gasteiger charge is 2.24. The van der Waals surface area contributed by atoms with Gasteiger partial charge >= 0.3 is 0 Å². The standard InChI is InChI=1S/C27H36N2O3/c1-20(2)10-11-29-12-13-31-14-15-32-26-9-6-23(27(30)28-25-7-8-25)18-24(26)17-21-4-3-5-22(16-21)19-29/h3-6,9,16,18,20,25H,7-8,10-15,17,19H2,1-2H3,(H,28,30). The maximum absolute atomic E-state index is 12.6. The number of rotatable bonds is 5. The highest BCUT2D eigenvalue weighted by molar-refractivity contribution is 5.95. The van der Waals surface area contributed by atoms with Gasteiger partial charge in [-0.25, -0.2) is 0 Å². The number of benzene rings is 2. The summed E-state index contributed by atoms with van der Waals surface area (Å²) in [5.74, 6) is 1.52. The first-order valence-corrected chi connectivity index (χ1v) is 12.0. The summed E-state index contributed by atoms with van der Waals surface area (Å²) in [7, 11) is 0. The molecule has 1 saturated carbocycles. The van der Waals surface area contributed by atoms with Crippen molar-refractivity contribution in [2.24, 2.45) is 5.92 Å². The summed E-state index contributed by atoms with van der Waals surface area (Å²) in [5, 5.41) is 3.09. The molecule has 1 aliphatic heterocycles. The number of carbonyl (C=O) groups excluding carboxylic acids is 1. The minimum Gasteiger partial charge on any atom is -0.491 e. The summed E-state index contributed by atoms with van der Waals surface area (Å²) in [6, 6.07) is 14.9. The van der Waals surface area contributed by atoms with E-state index >= 15 is 0 Å². The zero-order chi connectivity index (χ0) is 22.3. The predicted molar refractivity (Wildman–Crippen MR) is 127 cm³/mol. The Morgan fingerprint density at radius 1 is 1.09 bits per heavy atom. The lowest BCUT2D eigenvalue weighted by Gasteiger charge is -2.24. The largest absolute Gasteiger partial charge is 0.491 e. The quantitative estimate of drug-likeness (QED) is 0.754. The molecule has 0 radical (unpaired) electrons. The molecule has 1 amide bonds. The Bertz CT molecular complexity index is 908. The van der Waals surface area contributed by atoms with Crippen molar-refractivity contribution in [2.75, 3.05) is 32.9 Å². The fourth-order valence-electron chi connectivity index (χ4n) is 4.03. The van der Waals surface area contributed by atoms with Crippen molar-refractivity contribution in [1.29, 1.82) is 0 Å². The number of nitrogens with one attached hydrogen (secondary N) is 1. The Morgan fingerprint density at radius 2 is 1.94 bits per heavy atom. The van der Waals surface area contributed by atoms with Gasteiger partial charge in [0.15, 0.2) is 0 Å². The van der Waals surface area contributed by atoms with Crippen molar-refractivity contribution in [1.82, 2.24) is 10.2 Å². The summed E-state index contributed by atoms with van der Waals surface area (Å²) >= 11 is 0. The minimum atomic E-state index is 0.00702. The first kappa shape index (κ1) is 22.8. The molecule has 4 rings (SSSR count). The van der Waals surface area contributed by atoms with E-state index in [0.29, 0.717) is 37.3 Å². The fourth-order valence-corrected chi connectivity index (χ4v) is 4.03. The number of ether oxygens (including phenoxy) is 2. The van der Waals surface area contributed by atoms with Gasteiger partial charge in [-0.3, -0.25) is 9.69 Å². The summed E-state index contributed by atoms with van der Waals surface area (Å²) in [6.45, 7) is 9.24. The van der Waals surface area contributed by atoms with Crippen LogP contribution in [0.25, 0.3) is 0 Å². The van der Waals surface area contributed by atoms with Crippen LogP contribution in [0.5, 0.6) is 5.75 Å². The van der Waals surface area contributed by atoms with Crippen molar-refractivity contribution in [3.63, 3.8) is 0 Å². The van der Waals surface area contributed by atoms with Crippen LogP contribution in [0.2, 0.25) is 0 Å². The highest BCUT2D eigenvalue weighted by Crippen LogP contribution is 2.26. The van der Waals surface area contributed by atoms with Crippen LogP contribution in [0.15, 0.2) is 42.5 Å². The summed E-state index contributed by atoms with van der Waals surface area (Å²) in [4.78, 5) is 15.1. The van der Waals surface area contributed by atoms with E-state index < -0.39 is 0 Å². The lowest BCUT2D eigenvalue weighted by Crippen LogP contribution is -2.29. The van der Waals surface area contributed by atoms with E-state index in [9.17, 15) is 4.79 Å². The second-order valence-corrected chi connectivity index (χ2v) is 9.49. The number of hydrogen-bond donors (Lipinski definition) is 1. The topological polar surface area (TPSA) is 50.8 Å². The third-order valence-corrected chi connectivity index (χ3v) is 6.09. The van der Waals surface area contributed by atoms with Gasteiger partial charge in [-0.05, 0) is 66.6 Å². The molecule has 1 N–H and O–H groups in total. The monoisotopic (exact) mass is 436 g/mol. The molecular weight excluding hydrogens is 400 g/mol. The highest BCUT2D eigenvalue weighted by atomic mass is 16.5. The second kappa shape index (κ2) is 11.0. The molecule has 32 heavy (non-hydrogen) atoms. The van der Waals surface area contributed by atoms with Gasteiger partial charge in [-0.15, -0.1) is 0 Å². The Morgan fingerprint density at radius 3 is 2.75 bits per heavy atom. The first-order valence-electron chi connectivity index (χ1n) is 12.0. The van der Waals surface area contributed by atoms with Crippen molar-refractivity contribution < 1.29 is 14.3 Å². The van der Waals surface area contributed by atoms with Gasteiger partial charge in [0.25, 0.3) is 5.91 Å². The van der Waals surface area contributed by atoms with Crippen LogP contribution in [0.1, 0.15) is 60.2 Å². The van der Waals surface area contributed by atoms with Crippen molar-refractivity contribution >= 4 is 5.91 Å². The van der Waals surface area contributed by atoms with E-state index in [0.717, 1.165) is 50.2 Å². The average Bonchev–Trinajstić information content (AvgIpc) is 3.58. The van der Waals surface area contributed by atoms with Crippen molar-refractivity contribution in [2.45, 2.75) is 52.1 Å². The minimum absolute atomic E-state index is 0.00702. The Hall–Kier alpha value is -2.37. The smallest absolute Gasteiger partial charge is 0.251 e. The number of nitrogens with zero attached hydrogens (tertiary/aromatic N) is 1. The molecule has 0 aromatic heterocycles. The molecule has 2 bridgehead atoms. The van der Waals surface area contributed by atoms with Crippen LogP contribution in [0, 0.1) is 5.92 Å². The number of hydrogen-bond acceptors (Lipinski definition) is 4. The Kier molecular flexibility index (Phi) is 7.82. The molecule has 2 aliphatic rings. The molecule has 0 spiro atoms. The number of amides is 1. The third-order valence-electron chi connectivity index (χ3n) is 6.09. The van der Waals surface area contributed by atoms with E-state index in [1.165, 1.54) is 17.5 Å². The molecule has 172 valence electrons. The third kappa shape index (κ3) is 6.81. The number of fused-ring (bicyclic) bond motifs is 3. The maximum atomic E-state index is 12.6. The van der Waals surface area contributed by atoms with Gasteiger partial charge in [-0.1, -0.05) is 38.1 Å². The molecule has 1 fully saturated rings. The molecule has 5 heteroatoms. The summed E-state index contributed by atoms with van der Waals surface area (Å²) < 4.78 is 11.9. The van der Waals surface area contributed by atoms with E-state index in [1.807, 2.05) is 18.2 Å². The van der Waals surface area contributed by atoms with E-state index in [2.05, 4.69) is 48.3 Å². The van der Waals surface area contributed by atoms with Gasteiger partial charge in [0.2, 0.25) is 0 Å². The van der Waals surface area contributed by atoms with Crippen LogP contribution < -0.4 is 10.1 Å². The van der Waals surface area contributed by atoms with Gasteiger partial charge in [-0.2, -0.15) is 0 Å². The lowest BCUT2D eigenvalue weighted by atomic mass is 9.99. The second-order valence-electron chi connectivity index (χ2n) is 9.49. The SMILES string of the molecule is CC(C)CCN1CCOCCOc2ccc(C(=O)NC3CC3)cc2Cc2cccc(c2)C1. The predicted octanol–water partition coefficient (Wildman–Crippen LogP) is 4.43. The Balaban J connectivity index is 1.55.